The van der Waals surface area contributed by atoms with Crippen molar-refractivity contribution in [2.75, 3.05) is 19.6 Å². The Morgan fingerprint density at radius 1 is 1.19 bits per heavy atom. The van der Waals surface area contributed by atoms with Crippen LogP contribution in [0.25, 0.3) is 0 Å². The minimum Gasteiger partial charge on any atom is -0.352 e. The number of hydrogen-bond donors (Lipinski definition) is 2. The summed E-state index contributed by atoms with van der Waals surface area (Å²) >= 11 is 0. The lowest BCUT2D eigenvalue weighted by Gasteiger charge is -2.21. The summed E-state index contributed by atoms with van der Waals surface area (Å²) < 4.78 is 0. The molecule has 0 radical (unpaired) electrons. The average molecular weight is 223 g/mol. The lowest BCUT2D eigenvalue weighted by molar-refractivity contribution is -0.120. The van der Waals surface area contributed by atoms with Crippen LogP contribution in [0.15, 0.2) is 0 Å². The molecular formula is C12H21N3O. The summed E-state index contributed by atoms with van der Waals surface area (Å²) in [6.45, 7) is 2.98. The van der Waals surface area contributed by atoms with E-state index in [-0.39, 0.29) is 5.91 Å². The number of rotatable bonds is 4. The van der Waals surface area contributed by atoms with Gasteiger partial charge in [0.25, 0.3) is 0 Å². The number of carbonyl (C=O) groups is 1. The second kappa shape index (κ2) is 4.34. The maximum absolute atomic E-state index is 11.6. The van der Waals surface area contributed by atoms with Crippen LogP contribution in [-0.4, -0.2) is 48.6 Å². The van der Waals surface area contributed by atoms with Crippen molar-refractivity contribution in [1.82, 2.24) is 15.5 Å². The van der Waals surface area contributed by atoms with Gasteiger partial charge in [0.15, 0.2) is 0 Å². The van der Waals surface area contributed by atoms with E-state index < -0.39 is 0 Å². The molecule has 4 nitrogen and oxygen atoms in total. The van der Waals surface area contributed by atoms with Crippen LogP contribution in [-0.2, 0) is 4.79 Å². The van der Waals surface area contributed by atoms with Gasteiger partial charge in [0, 0.05) is 24.7 Å². The Kier molecular flexibility index (Phi) is 2.86. The van der Waals surface area contributed by atoms with E-state index >= 15 is 0 Å². The molecule has 16 heavy (non-hydrogen) atoms. The van der Waals surface area contributed by atoms with Gasteiger partial charge in [-0.2, -0.15) is 0 Å². The molecule has 1 aliphatic carbocycles. The summed E-state index contributed by atoms with van der Waals surface area (Å²) in [5, 5.41) is 6.45. The first-order valence-electron chi connectivity index (χ1n) is 6.60. The Morgan fingerprint density at radius 2 is 2.06 bits per heavy atom. The third-order valence-electron chi connectivity index (χ3n) is 4.07. The Balaban J connectivity index is 1.42. The second-order valence-corrected chi connectivity index (χ2v) is 5.36. The molecule has 2 unspecified atom stereocenters. The molecule has 0 spiro atoms. The minimum absolute atomic E-state index is 0.180. The van der Waals surface area contributed by atoms with Crippen molar-refractivity contribution in [3.63, 3.8) is 0 Å². The molecular weight excluding hydrogens is 202 g/mol. The summed E-state index contributed by atoms with van der Waals surface area (Å²) in [5.74, 6) is 0.180. The number of carbonyl (C=O) groups excluding carboxylic acids is 1. The molecule has 3 aliphatic rings. The van der Waals surface area contributed by atoms with Gasteiger partial charge < -0.3 is 10.6 Å². The fraction of sp³-hybridized carbons (Fsp3) is 0.917. The molecule has 3 fully saturated rings. The van der Waals surface area contributed by atoms with E-state index in [4.69, 9.17) is 0 Å². The summed E-state index contributed by atoms with van der Waals surface area (Å²) in [5.41, 5.74) is 0. The summed E-state index contributed by atoms with van der Waals surface area (Å²) in [4.78, 5) is 14.1. The van der Waals surface area contributed by atoms with Crippen molar-refractivity contribution in [2.45, 2.75) is 50.2 Å². The zero-order chi connectivity index (χ0) is 11.0. The summed E-state index contributed by atoms with van der Waals surface area (Å²) in [7, 11) is 0. The average Bonchev–Trinajstić information content (AvgIpc) is 2.81. The minimum atomic E-state index is 0.180. The third kappa shape index (κ3) is 2.23. The lowest BCUT2D eigenvalue weighted by Crippen LogP contribution is -2.44. The van der Waals surface area contributed by atoms with E-state index in [1.165, 1.54) is 45.2 Å². The second-order valence-electron chi connectivity index (χ2n) is 5.36. The molecule has 0 bridgehead atoms. The van der Waals surface area contributed by atoms with Gasteiger partial charge in [0.1, 0.15) is 0 Å². The molecule has 2 heterocycles. The Hall–Kier alpha value is -0.610. The maximum Gasteiger partial charge on any atom is 0.234 e. The van der Waals surface area contributed by atoms with Crippen molar-refractivity contribution >= 4 is 5.91 Å². The number of nitrogens with zero attached hydrogens (tertiary/aromatic N) is 1. The van der Waals surface area contributed by atoms with Crippen LogP contribution in [0.4, 0.5) is 0 Å². The molecule has 2 aliphatic heterocycles. The van der Waals surface area contributed by atoms with Crippen LogP contribution in [0.2, 0.25) is 0 Å². The van der Waals surface area contributed by atoms with Gasteiger partial charge >= 0.3 is 0 Å². The Bertz CT molecular complexity index is 277. The summed E-state index contributed by atoms with van der Waals surface area (Å²) in [6.07, 6.45) is 6.19. The highest BCUT2D eigenvalue weighted by Crippen LogP contribution is 2.27. The van der Waals surface area contributed by atoms with Gasteiger partial charge in [-0.3, -0.25) is 9.69 Å². The molecule has 1 amide bonds. The Morgan fingerprint density at radius 3 is 2.88 bits per heavy atom. The largest absolute Gasteiger partial charge is 0.352 e. The molecule has 0 aromatic heterocycles. The Labute approximate surface area is 96.8 Å². The highest BCUT2D eigenvalue weighted by Gasteiger charge is 2.37. The van der Waals surface area contributed by atoms with Crippen LogP contribution in [0.5, 0.6) is 0 Å². The van der Waals surface area contributed by atoms with Crippen LogP contribution < -0.4 is 10.6 Å². The zero-order valence-electron chi connectivity index (χ0n) is 9.74. The lowest BCUT2D eigenvalue weighted by atomic mass is 10.1. The quantitative estimate of drug-likeness (QED) is 0.710. The topological polar surface area (TPSA) is 44.4 Å². The molecule has 90 valence electrons. The predicted molar refractivity (Wildman–Crippen MR) is 62.2 cm³/mol. The van der Waals surface area contributed by atoms with Crippen molar-refractivity contribution < 1.29 is 4.79 Å². The maximum atomic E-state index is 11.6. The first-order chi connectivity index (χ1) is 7.83. The van der Waals surface area contributed by atoms with E-state index in [9.17, 15) is 4.79 Å². The highest BCUT2D eigenvalue weighted by molar-refractivity contribution is 5.78. The first kappa shape index (κ1) is 10.5. The van der Waals surface area contributed by atoms with Crippen molar-refractivity contribution in [3.8, 4) is 0 Å². The molecule has 3 rings (SSSR count). The third-order valence-corrected chi connectivity index (χ3v) is 4.07. The monoisotopic (exact) mass is 223 g/mol. The molecule has 1 saturated carbocycles. The normalized spacial score (nSPS) is 34.0. The van der Waals surface area contributed by atoms with E-state index in [0.29, 0.717) is 24.7 Å². The fourth-order valence-electron chi connectivity index (χ4n) is 3.05. The van der Waals surface area contributed by atoms with Gasteiger partial charge in [0.05, 0.1) is 6.54 Å². The molecule has 4 heteroatoms. The predicted octanol–water partition coefficient (Wildman–Crippen LogP) is 0.0913. The first-order valence-corrected chi connectivity index (χ1v) is 6.60. The summed E-state index contributed by atoms with van der Waals surface area (Å²) in [6, 6.07) is 1.74. The van der Waals surface area contributed by atoms with E-state index in [1.54, 1.807) is 0 Å². The highest BCUT2D eigenvalue weighted by atomic mass is 16.2. The number of fused-ring (bicyclic) bond motifs is 1. The van der Waals surface area contributed by atoms with Crippen molar-refractivity contribution in [2.24, 2.45) is 0 Å². The van der Waals surface area contributed by atoms with Crippen LogP contribution >= 0.6 is 0 Å². The van der Waals surface area contributed by atoms with Gasteiger partial charge in [-0.15, -0.1) is 0 Å². The zero-order valence-corrected chi connectivity index (χ0v) is 9.74. The van der Waals surface area contributed by atoms with Crippen molar-refractivity contribution in [3.05, 3.63) is 0 Å². The van der Waals surface area contributed by atoms with Crippen LogP contribution in [0.3, 0.4) is 0 Å². The number of nitrogens with one attached hydrogen (secondary N) is 2. The van der Waals surface area contributed by atoms with Gasteiger partial charge in [-0.1, -0.05) is 0 Å². The number of hydrogen-bond acceptors (Lipinski definition) is 3. The van der Waals surface area contributed by atoms with E-state index in [1.807, 2.05) is 0 Å². The van der Waals surface area contributed by atoms with Crippen LogP contribution in [0.1, 0.15) is 32.1 Å². The van der Waals surface area contributed by atoms with Crippen LogP contribution in [0, 0.1) is 0 Å². The standard InChI is InChI=1S/C12H21N3O/c16-12(14-9-3-4-9)8-13-10-5-7-15-6-1-2-11(10)15/h9-11,13H,1-8H2,(H,14,16). The SMILES string of the molecule is O=C(CNC1CCN2CCCC12)NC1CC1. The van der Waals surface area contributed by atoms with Gasteiger partial charge in [-0.25, -0.2) is 0 Å². The van der Waals surface area contributed by atoms with E-state index in [2.05, 4.69) is 15.5 Å². The molecule has 2 N–H and O–H groups in total. The van der Waals surface area contributed by atoms with Gasteiger partial charge in [0.2, 0.25) is 5.91 Å². The number of amides is 1. The molecule has 2 atom stereocenters. The van der Waals surface area contributed by atoms with Gasteiger partial charge in [-0.05, 0) is 38.6 Å². The fourth-order valence-corrected chi connectivity index (χ4v) is 3.05. The molecule has 0 aromatic rings. The molecule has 2 saturated heterocycles. The van der Waals surface area contributed by atoms with Crippen molar-refractivity contribution in [1.29, 1.82) is 0 Å². The molecule has 0 aromatic carbocycles. The van der Waals surface area contributed by atoms with E-state index in [0.717, 1.165) is 0 Å². The smallest absolute Gasteiger partial charge is 0.234 e.